The average Bonchev–Trinajstić information content (AvgIpc) is 3.08. The summed E-state index contributed by atoms with van der Waals surface area (Å²) in [4.78, 5) is 23.0. The van der Waals surface area contributed by atoms with Gasteiger partial charge in [-0.1, -0.05) is 12.1 Å². The van der Waals surface area contributed by atoms with Gasteiger partial charge in [-0.25, -0.2) is 0 Å². The Kier molecular flexibility index (Phi) is 5.80. The van der Waals surface area contributed by atoms with E-state index in [0.717, 1.165) is 5.56 Å². The van der Waals surface area contributed by atoms with Crippen molar-refractivity contribution in [2.75, 3.05) is 13.7 Å². The maximum atomic E-state index is 11.8. The zero-order valence-corrected chi connectivity index (χ0v) is 13.1. The van der Waals surface area contributed by atoms with Crippen LogP contribution in [-0.2, 0) is 20.7 Å². The minimum atomic E-state index is -0.301. The summed E-state index contributed by atoms with van der Waals surface area (Å²) >= 11 is 0. The predicted octanol–water partition coefficient (Wildman–Crippen LogP) is 2.25. The molecule has 1 atom stereocenters. The summed E-state index contributed by atoms with van der Waals surface area (Å²) in [5, 5.41) is 2.78. The Balaban J connectivity index is 1.79. The first kappa shape index (κ1) is 16.6. The molecule has 2 aromatic rings. The predicted molar refractivity (Wildman–Crippen MR) is 82.9 cm³/mol. The van der Waals surface area contributed by atoms with Crippen molar-refractivity contribution in [1.29, 1.82) is 0 Å². The van der Waals surface area contributed by atoms with Crippen LogP contribution < -0.4 is 10.1 Å². The van der Waals surface area contributed by atoms with Crippen molar-refractivity contribution in [2.24, 2.45) is 0 Å². The Morgan fingerprint density at radius 3 is 2.57 bits per heavy atom. The van der Waals surface area contributed by atoms with E-state index in [4.69, 9.17) is 9.15 Å². The highest BCUT2D eigenvalue weighted by molar-refractivity contribution is 5.78. The molecular weight excluding hydrogens is 298 g/mol. The summed E-state index contributed by atoms with van der Waals surface area (Å²) in [5.74, 6) is 0.697. The molecule has 0 saturated heterocycles. The summed E-state index contributed by atoms with van der Waals surface area (Å²) in [7, 11) is 1.35. The second kappa shape index (κ2) is 8.03. The van der Waals surface area contributed by atoms with Crippen molar-refractivity contribution in [2.45, 2.75) is 19.4 Å². The van der Waals surface area contributed by atoms with Gasteiger partial charge in [0.15, 0.2) is 6.61 Å². The van der Waals surface area contributed by atoms with Gasteiger partial charge in [0.25, 0.3) is 5.91 Å². The van der Waals surface area contributed by atoms with Crippen LogP contribution in [0.1, 0.15) is 24.3 Å². The van der Waals surface area contributed by atoms with E-state index in [1.807, 2.05) is 6.92 Å². The molecule has 6 nitrogen and oxygen atoms in total. The highest BCUT2D eigenvalue weighted by atomic mass is 16.5. The molecule has 1 aromatic carbocycles. The number of nitrogens with one attached hydrogen (secondary N) is 1. The molecule has 1 aromatic heterocycles. The standard InChI is InChI=1S/C17H19NO5/c1-12(15-4-3-9-22-15)18-16(19)11-23-14-7-5-13(6-8-14)10-17(20)21-2/h3-9,12H,10-11H2,1-2H3,(H,18,19)/t12-/m1/s1. The molecule has 1 heterocycles. The van der Waals surface area contributed by atoms with Crippen molar-refractivity contribution in [3.05, 3.63) is 54.0 Å². The van der Waals surface area contributed by atoms with Crippen LogP contribution in [0.25, 0.3) is 0 Å². The summed E-state index contributed by atoms with van der Waals surface area (Å²) in [6.45, 7) is 1.74. The Labute approximate surface area is 134 Å². The van der Waals surface area contributed by atoms with Crippen molar-refractivity contribution in [3.63, 3.8) is 0 Å². The van der Waals surface area contributed by atoms with E-state index in [2.05, 4.69) is 10.1 Å². The molecule has 0 saturated carbocycles. The molecule has 1 amide bonds. The molecule has 0 aliphatic rings. The number of ether oxygens (including phenoxy) is 2. The third-order valence-electron chi connectivity index (χ3n) is 3.22. The van der Waals surface area contributed by atoms with Crippen molar-refractivity contribution in [3.8, 4) is 5.75 Å². The summed E-state index contributed by atoms with van der Waals surface area (Å²) in [5.41, 5.74) is 0.820. The Morgan fingerprint density at radius 2 is 1.96 bits per heavy atom. The number of amides is 1. The number of methoxy groups -OCH3 is 1. The Bertz CT molecular complexity index is 634. The molecule has 0 unspecified atom stereocenters. The van der Waals surface area contributed by atoms with Crippen molar-refractivity contribution >= 4 is 11.9 Å². The quantitative estimate of drug-likeness (QED) is 0.793. The van der Waals surface area contributed by atoms with Gasteiger partial charge in [0.1, 0.15) is 11.5 Å². The SMILES string of the molecule is COC(=O)Cc1ccc(OCC(=O)N[C@H](C)c2ccco2)cc1. The third kappa shape index (κ3) is 5.18. The molecule has 6 heteroatoms. The second-order valence-electron chi connectivity index (χ2n) is 4.99. The van der Waals surface area contributed by atoms with Crippen LogP contribution in [0.5, 0.6) is 5.75 Å². The van der Waals surface area contributed by atoms with E-state index < -0.39 is 0 Å². The molecule has 2 rings (SSSR count). The molecule has 1 N–H and O–H groups in total. The minimum absolute atomic E-state index is 0.0958. The lowest BCUT2D eigenvalue weighted by Crippen LogP contribution is -2.31. The number of benzene rings is 1. The third-order valence-corrected chi connectivity index (χ3v) is 3.22. The lowest BCUT2D eigenvalue weighted by molar-refractivity contribution is -0.139. The fraction of sp³-hybridized carbons (Fsp3) is 0.294. The summed E-state index contributed by atoms with van der Waals surface area (Å²) in [6, 6.07) is 10.3. The lowest BCUT2D eigenvalue weighted by atomic mass is 10.1. The van der Waals surface area contributed by atoms with Crippen LogP contribution in [0.4, 0.5) is 0 Å². The first-order valence-electron chi connectivity index (χ1n) is 7.20. The Morgan fingerprint density at radius 1 is 1.22 bits per heavy atom. The molecule has 0 bridgehead atoms. The maximum absolute atomic E-state index is 11.8. The molecule has 23 heavy (non-hydrogen) atoms. The zero-order valence-electron chi connectivity index (χ0n) is 13.1. The number of rotatable bonds is 7. The molecule has 0 radical (unpaired) electrons. The van der Waals surface area contributed by atoms with Gasteiger partial charge in [0.2, 0.25) is 0 Å². The number of hydrogen-bond acceptors (Lipinski definition) is 5. The molecule has 0 aliphatic carbocycles. The maximum Gasteiger partial charge on any atom is 0.309 e. The molecule has 0 fully saturated rings. The monoisotopic (exact) mass is 317 g/mol. The van der Waals surface area contributed by atoms with Gasteiger partial charge in [-0.15, -0.1) is 0 Å². The minimum Gasteiger partial charge on any atom is -0.484 e. The second-order valence-corrected chi connectivity index (χ2v) is 4.99. The van der Waals surface area contributed by atoms with Crippen LogP contribution >= 0.6 is 0 Å². The van der Waals surface area contributed by atoms with Crippen LogP contribution in [0.2, 0.25) is 0 Å². The Hall–Kier alpha value is -2.76. The van der Waals surface area contributed by atoms with Gasteiger partial charge in [-0.2, -0.15) is 0 Å². The van der Waals surface area contributed by atoms with E-state index >= 15 is 0 Å². The molecule has 0 spiro atoms. The number of esters is 1. The highest BCUT2D eigenvalue weighted by Crippen LogP contribution is 2.14. The number of furan rings is 1. The fourth-order valence-electron chi connectivity index (χ4n) is 1.98. The number of hydrogen-bond donors (Lipinski definition) is 1. The summed E-state index contributed by atoms with van der Waals surface area (Å²) < 4.78 is 15.2. The largest absolute Gasteiger partial charge is 0.484 e. The molecular formula is C17H19NO5. The first-order valence-corrected chi connectivity index (χ1v) is 7.20. The normalized spacial score (nSPS) is 11.6. The van der Waals surface area contributed by atoms with Gasteiger partial charge in [-0.3, -0.25) is 9.59 Å². The zero-order chi connectivity index (χ0) is 16.7. The van der Waals surface area contributed by atoms with Crippen molar-refractivity contribution in [1.82, 2.24) is 5.32 Å². The van der Waals surface area contributed by atoms with Gasteiger partial charge in [0, 0.05) is 0 Å². The fourth-order valence-corrected chi connectivity index (χ4v) is 1.98. The van der Waals surface area contributed by atoms with Crippen LogP contribution in [-0.4, -0.2) is 25.6 Å². The van der Waals surface area contributed by atoms with Gasteiger partial charge in [-0.05, 0) is 36.8 Å². The van der Waals surface area contributed by atoms with Crippen LogP contribution in [0.15, 0.2) is 47.1 Å². The van der Waals surface area contributed by atoms with Gasteiger partial charge in [0.05, 0.1) is 25.8 Å². The highest BCUT2D eigenvalue weighted by Gasteiger charge is 2.12. The van der Waals surface area contributed by atoms with E-state index in [-0.39, 0.29) is 30.9 Å². The lowest BCUT2D eigenvalue weighted by Gasteiger charge is -2.12. The van der Waals surface area contributed by atoms with E-state index in [9.17, 15) is 9.59 Å². The van der Waals surface area contributed by atoms with E-state index in [1.54, 1.807) is 42.7 Å². The smallest absolute Gasteiger partial charge is 0.309 e. The number of carbonyl (C=O) groups is 2. The van der Waals surface area contributed by atoms with Gasteiger partial charge >= 0.3 is 5.97 Å². The topological polar surface area (TPSA) is 77.8 Å². The number of carbonyl (C=O) groups excluding carboxylic acids is 2. The van der Waals surface area contributed by atoms with Crippen LogP contribution in [0, 0.1) is 0 Å². The van der Waals surface area contributed by atoms with Gasteiger partial charge < -0.3 is 19.2 Å². The first-order chi connectivity index (χ1) is 11.1. The van der Waals surface area contributed by atoms with Crippen molar-refractivity contribution < 1.29 is 23.5 Å². The summed E-state index contributed by atoms with van der Waals surface area (Å²) in [6.07, 6.45) is 1.77. The molecule has 0 aliphatic heterocycles. The van der Waals surface area contributed by atoms with E-state index in [1.165, 1.54) is 7.11 Å². The molecule has 122 valence electrons. The van der Waals surface area contributed by atoms with E-state index in [0.29, 0.717) is 11.5 Å². The van der Waals surface area contributed by atoms with Crippen LogP contribution in [0.3, 0.4) is 0 Å². The average molecular weight is 317 g/mol.